The number of hydrogen-bond donors (Lipinski definition) is 1. The molecule has 0 saturated heterocycles. The van der Waals surface area contributed by atoms with Crippen LogP contribution < -0.4 is 10.2 Å². The average molecular weight is 399 g/mol. The molecule has 1 N–H and O–H groups in total. The minimum absolute atomic E-state index is 0.0693. The average Bonchev–Trinajstić information content (AvgIpc) is 3.20. The molecule has 4 heteroatoms. The minimum atomic E-state index is -0.269. The van der Waals surface area contributed by atoms with Gasteiger partial charge in [-0.15, -0.1) is 0 Å². The normalized spacial score (nSPS) is 20.3. The number of benzene rings is 2. The van der Waals surface area contributed by atoms with Gasteiger partial charge in [-0.25, -0.2) is 0 Å². The summed E-state index contributed by atoms with van der Waals surface area (Å²) in [5, 5.41) is 3.63. The van der Waals surface area contributed by atoms with Crippen LogP contribution in [0.2, 0.25) is 0 Å². The fourth-order valence-corrected chi connectivity index (χ4v) is 4.75. The van der Waals surface area contributed by atoms with Gasteiger partial charge in [0.2, 0.25) is 0 Å². The number of anilines is 2. The molecule has 0 radical (unpaired) electrons. The number of allylic oxidation sites excluding steroid dienone is 1. The maximum absolute atomic E-state index is 13.5. The molecule has 5 rings (SSSR count). The van der Waals surface area contributed by atoms with Crippen molar-refractivity contribution in [3.63, 3.8) is 0 Å². The quantitative estimate of drug-likeness (QED) is 0.579. The molecule has 2 aromatic carbocycles. The molecular formula is C26H26N2O2. The summed E-state index contributed by atoms with van der Waals surface area (Å²) in [6.45, 7) is 5.01. The lowest BCUT2D eigenvalue weighted by molar-refractivity contribution is -0.118. The van der Waals surface area contributed by atoms with Crippen molar-refractivity contribution >= 4 is 17.2 Å². The molecular weight excluding hydrogens is 372 g/mol. The lowest BCUT2D eigenvalue weighted by Gasteiger charge is -2.37. The van der Waals surface area contributed by atoms with Gasteiger partial charge < -0.3 is 14.6 Å². The molecule has 152 valence electrons. The molecule has 1 aromatic heterocycles. The van der Waals surface area contributed by atoms with Crippen LogP contribution in [0.4, 0.5) is 11.4 Å². The number of para-hydroxylation sites is 2. The minimum Gasteiger partial charge on any atom is -0.467 e. The van der Waals surface area contributed by atoms with Crippen LogP contribution in [0.25, 0.3) is 0 Å². The highest BCUT2D eigenvalue weighted by molar-refractivity contribution is 6.01. The second kappa shape index (κ2) is 7.21. The molecule has 1 unspecified atom stereocenters. The van der Waals surface area contributed by atoms with Crippen molar-refractivity contribution in [2.45, 2.75) is 39.3 Å². The van der Waals surface area contributed by atoms with Gasteiger partial charge in [0.25, 0.3) is 0 Å². The number of ketones is 1. The molecule has 2 heterocycles. The molecule has 0 fully saturated rings. The Balaban J connectivity index is 1.72. The summed E-state index contributed by atoms with van der Waals surface area (Å²) < 4.78 is 5.90. The molecule has 0 bridgehead atoms. The Morgan fingerprint density at radius 1 is 1.00 bits per heavy atom. The van der Waals surface area contributed by atoms with E-state index < -0.39 is 0 Å². The van der Waals surface area contributed by atoms with Crippen molar-refractivity contribution in [2.24, 2.45) is 5.41 Å². The number of carbonyl (C=O) groups is 1. The van der Waals surface area contributed by atoms with Gasteiger partial charge in [-0.05, 0) is 41.7 Å². The van der Waals surface area contributed by atoms with Crippen molar-refractivity contribution in [1.82, 2.24) is 0 Å². The zero-order valence-electron chi connectivity index (χ0n) is 17.4. The molecule has 0 spiro atoms. The van der Waals surface area contributed by atoms with Crippen molar-refractivity contribution in [3.05, 3.63) is 95.6 Å². The van der Waals surface area contributed by atoms with E-state index in [4.69, 9.17) is 4.42 Å². The molecule has 3 aromatic rings. The Hall–Kier alpha value is -3.27. The van der Waals surface area contributed by atoms with Crippen molar-refractivity contribution < 1.29 is 9.21 Å². The first-order chi connectivity index (χ1) is 14.5. The monoisotopic (exact) mass is 398 g/mol. The molecule has 2 aliphatic rings. The van der Waals surface area contributed by atoms with Gasteiger partial charge in [0.1, 0.15) is 11.8 Å². The first-order valence-electron chi connectivity index (χ1n) is 10.5. The van der Waals surface area contributed by atoms with Crippen molar-refractivity contribution in [2.75, 3.05) is 10.2 Å². The lowest BCUT2D eigenvalue weighted by Crippen LogP contribution is -2.35. The predicted molar refractivity (Wildman–Crippen MR) is 119 cm³/mol. The van der Waals surface area contributed by atoms with Gasteiger partial charge in [-0.2, -0.15) is 0 Å². The summed E-state index contributed by atoms with van der Waals surface area (Å²) in [5.74, 6) is 0.992. The largest absolute Gasteiger partial charge is 0.467 e. The van der Waals surface area contributed by atoms with E-state index in [1.807, 2.05) is 30.3 Å². The van der Waals surface area contributed by atoms with Crippen LogP contribution >= 0.6 is 0 Å². The molecule has 0 amide bonds. The van der Waals surface area contributed by atoms with Crippen LogP contribution in [-0.2, 0) is 11.3 Å². The standard InChI is InChI=1S/C26H26N2O2/c1-26(2)15-20-24(22(29)16-26)25(23-13-8-14-30-23)28(17-18-9-4-3-5-10-18)21-12-7-6-11-19(21)27-20/h3-14,25,27H,15-17H2,1-2H3. The third-order valence-electron chi connectivity index (χ3n) is 6.01. The van der Waals surface area contributed by atoms with E-state index in [0.29, 0.717) is 13.0 Å². The van der Waals surface area contributed by atoms with Crippen LogP contribution in [0.3, 0.4) is 0 Å². The topological polar surface area (TPSA) is 45.5 Å². The van der Waals surface area contributed by atoms with E-state index in [0.717, 1.165) is 34.8 Å². The Morgan fingerprint density at radius 3 is 2.53 bits per heavy atom. The van der Waals surface area contributed by atoms with Crippen molar-refractivity contribution in [1.29, 1.82) is 0 Å². The SMILES string of the molecule is CC1(C)CC(=O)C2=C(C1)Nc1ccccc1N(Cc1ccccc1)C2c1ccco1. The Morgan fingerprint density at radius 2 is 1.77 bits per heavy atom. The molecule has 4 nitrogen and oxygen atoms in total. The fraction of sp³-hybridized carbons (Fsp3) is 0.269. The van der Waals surface area contributed by atoms with Crippen LogP contribution in [0.15, 0.2) is 88.7 Å². The lowest BCUT2D eigenvalue weighted by atomic mass is 9.74. The summed E-state index contributed by atoms with van der Waals surface area (Å²) in [4.78, 5) is 15.8. The summed E-state index contributed by atoms with van der Waals surface area (Å²) >= 11 is 0. The Labute approximate surface area is 177 Å². The first kappa shape index (κ1) is 18.7. The van der Waals surface area contributed by atoms with E-state index in [1.165, 1.54) is 5.56 Å². The van der Waals surface area contributed by atoms with Crippen molar-refractivity contribution in [3.8, 4) is 0 Å². The smallest absolute Gasteiger partial charge is 0.163 e. The van der Waals surface area contributed by atoms with Gasteiger partial charge in [0.15, 0.2) is 5.78 Å². The van der Waals surface area contributed by atoms with Crippen LogP contribution in [-0.4, -0.2) is 5.78 Å². The molecule has 1 aliphatic heterocycles. The third kappa shape index (κ3) is 3.32. The maximum atomic E-state index is 13.5. The number of fused-ring (bicyclic) bond motifs is 1. The van der Waals surface area contributed by atoms with Gasteiger partial charge in [0.05, 0.1) is 17.6 Å². The Bertz CT molecular complexity index is 1100. The highest BCUT2D eigenvalue weighted by atomic mass is 16.3. The summed E-state index contributed by atoms with van der Waals surface area (Å²) in [6.07, 6.45) is 3.07. The number of nitrogens with one attached hydrogen (secondary N) is 1. The maximum Gasteiger partial charge on any atom is 0.163 e. The fourth-order valence-electron chi connectivity index (χ4n) is 4.75. The van der Waals surface area contributed by atoms with Gasteiger partial charge in [-0.1, -0.05) is 56.3 Å². The number of carbonyl (C=O) groups excluding carboxylic acids is 1. The highest BCUT2D eigenvalue weighted by Crippen LogP contribution is 2.48. The van der Waals surface area contributed by atoms with Gasteiger partial charge >= 0.3 is 0 Å². The first-order valence-corrected chi connectivity index (χ1v) is 10.5. The number of hydrogen-bond acceptors (Lipinski definition) is 4. The number of Topliss-reactive ketones (excluding diaryl/α,β-unsaturated/α-hetero) is 1. The number of furan rings is 1. The summed E-state index contributed by atoms with van der Waals surface area (Å²) in [6, 6.07) is 22.3. The second-order valence-electron chi connectivity index (χ2n) is 9.01. The van der Waals surface area contributed by atoms with Gasteiger partial charge in [0, 0.05) is 24.2 Å². The molecule has 30 heavy (non-hydrogen) atoms. The van der Waals surface area contributed by atoms with Gasteiger partial charge in [-0.3, -0.25) is 4.79 Å². The van der Waals surface area contributed by atoms with E-state index in [1.54, 1.807) is 6.26 Å². The predicted octanol–water partition coefficient (Wildman–Crippen LogP) is 6.10. The van der Waals surface area contributed by atoms with E-state index >= 15 is 0 Å². The molecule has 1 aliphatic carbocycles. The van der Waals surface area contributed by atoms with E-state index in [9.17, 15) is 4.79 Å². The molecule has 0 saturated carbocycles. The zero-order chi connectivity index (χ0) is 20.7. The second-order valence-corrected chi connectivity index (χ2v) is 9.01. The number of nitrogens with zero attached hydrogens (tertiary/aromatic N) is 1. The van der Waals surface area contributed by atoms with Crippen LogP contribution in [0.1, 0.15) is 44.1 Å². The third-order valence-corrected chi connectivity index (χ3v) is 6.01. The summed E-state index contributed by atoms with van der Waals surface area (Å²) in [5.41, 5.74) is 5.07. The zero-order valence-corrected chi connectivity index (χ0v) is 17.4. The number of rotatable bonds is 3. The van der Waals surface area contributed by atoms with Crippen LogP contribution in [0.5, 0.6) is 0 Å². The summed E-state index contributed by atoms with van der Waals surface area (Å²) in [7, 11) is 0. The van der Waals surface area contributed by atoms with Crippen LogP contribution in [0, 0.1) is 5.41 Å². The van der Waals surface area contributed by atoms with E-state index in [-0.39, 0.29) is 17.2 Å². The van der Waals surface area contributed by atoms with E-state index in [2.05, 4.69) is 60.5 Å². The Kier molecular flexibility index (Phi) is 4.50. The highest BCUT2D eigenvalue weighted by Gasteiger charge is 2.42. The molecule has 1 atom stereocenters.